The highest BCUT2D eigenvalue weighted by Crippen LogP contribution is 2.32. The summed E-state index contributed by atoms with van der Waals surface area (Å²) in [5.74, 6) is -0.217. The number of methoxy groups -OCH3 is 1. The fourth-order valence-electron chi connectivity index (χ4n) is 3.72. The minimum Gasteiger partial charge on any atom is -0.383 e. The summed E-state index contributed by atoms with van der Waals surface area (Å²) in [6.07, 6.45) is 6.07. The number of amides is 1. The minimum atomic E-state index is -0.541. The van der Waals surface area contributed by atoms with Crippen LogP contribution in [-0.2, 0) is 9.53 Å². The molecule has 0 aromatic rings. The molecular formula is C16H33N3O2. The second-order valence-corrected chi connectivity index (χ2v) is 6.15. The monoisotopic (exact) mass is 299 g/mol. The number of rotatable bonds is 9. The van der Waals surface area contributed by atoms with E-state index in [1.807, 2.05) is 7.05 Å². The molecule has 21 heavy (non-hydrogen) atoms. The summed E-state index contributed by atoms with van der Waals surface area (Å²) in [5, 5.41) is 3.20. The van der Waals surface area contributed by atoms with Crippen LogP contribution in [0, 0.1) is 0 Å². The van der Waals surface area contributed by atoms with Crippen molar-refractivity contribution in [1.29, 1.82) is 0 Å². The van der Waals surface area contributed by atoms with E-state index in [0.29, 0.717) is 12.1 Å². The third-order valence-electron chi connectivity index (χ3n) is 5.11. The van der Waals surface area contributed by atoms with Gasteiger partial charge >= 0.3 is 0 Å². The third kappa shape index (κ3) is 4.41. The zero-order chi connectivity index (χ0) is 15.9. The highest BCUT2D eigenvalue weighted by Gasteiger charge is 2.42. The Kier molecular flexibility index (Phi) is 7.63. The van der Waals surface area contributed by atoms with Gasteiger partial charge in [-0.05, 0) is 45.6 Å². The maximum atomic E-state index is 11.9. The quantitative estimate of drug-likeness (QED) is 0.677. The lowest BCUT2D eigenvalue weighted by molar-refractivity contribution is -0.126. The van der Waals surface area contributed by atoms with Crippen molar-refractivity contribution in [1.82, 2.24) is 10.2 Å². The summed E-state index contributed by atoms with van der Waals surface area (Å²) in [6, 6.07) is 0.949. The number of hydrogen-bond acceptors (Lipinski definition) is 4. The van der Waals surface area contributed by atoms with Crippen LogP contribution in [-0.4, -0.2) is 55.7 Å². The topological polar surface area (TPSA) is 67.6 Å². The van der Waals surface area contributed by atoms with Crippen LogP contribution < -0.4 is 11.1 Å². The first-order chi connectivity index (χ1) is 10.0. The van der Waals surface area contributed by atoms with Crippen LogP contribution >= 0.6 is 0 Å². The molecule has 2 atom stereocenters. The Bertz CT molecular complexity index is 321. The van der Waals surface area contributed by atoms with Gasteiger partial charge in [0.15, 0.2) is 0 Å². The van der Waals surface area contributed by atoms with Gasteiger partial charge in [-0.15, -0.1) is 0 Å². The first kappa shape index (κ1) is 18.4. The first-order valence-electron chi connectivity index (χ1n) is 8.28. The van der Waals surface area contributed by atoms with Gasteiger partial charge in [0, 0.05) is 25.7 Å². The number of carbonyl (C=O) groups is 1. The molecule has 124 valence electrons. The minimum absolute atomic E-state index is 0.217. The molecule has 1 aliphatic rings. The standard InChI is InChI=1S/C16H33N3O2/c1-5-13(6-2)19(10-11-21-4)14-8-7-9-16(12-14,18-3)15(17)20/h13-14,18H,5-12H2,1-4H3,(H2,17,20). The average Bonchev–Trinajstić information content (AvgIpc) is 2.51. The fourth-order valence-corrected chi connectivity index (χ4v) is 3.72. The maximum absolute atomic E-state index is 11.9. The van der Waals surface area contributed by atoms with Gasteiger partial charge in [-0.3, -0.25) is 9.69 Å². The molecule has 0 spiro atoms. The summed E-state index contributed by atoms with van der Waals surface area (Å²) in [4.78, 5) is 14.5. The number of primary amides is 1. The van der Waals surface area contributed by atoms with Crippen molar-refractivity contribution >= 4 is 5.91 Å². The fraction of sp³-hybridized carbons (Fsp3) is 0.938. The molecule has 0 saturated heterocycles. The second-order valence-electron chi connectivity index (χ2n) is 6.15. The largest absolute Gasteiger partial charge is 0.383 e. The van der Waals surface area contributed by atoms with Crippen molar-refractivity contribution in [3.63, 3.8) is 0 Å². The zero-order valence-electron chi connectivity index (χ0n) is 14.2. The highest BCUT2D eigenvalue weighted by atomic mass is 16.5. The zero-order valence-corrected chi connectivity index (χ0v) is 14.2. The molecule has 1 fully saturated rings. The molecule has 3 N–H and O–H groups in total. The van der Waals surface area contributed by atoms with E-state index in [2.05, 4.69) is 24.1 Å². The van der Waals surface area contributed by atoms with Crippen LogP contribution in [0.5, 0.6) is 0 Å². The van der Waals surface area contributed by atoms with Gasteiger partial charge in [0.1, 0.15) is 0 Å². The Morgan fingerprint density at radius 3 is 2.62 bits per heavy atom. The van der Waals surface area contributed by atoms with Crippen molar-refractivity contribution in [2.24, 2.45) is 5.73 Å². The molecule has 0 radical (unpaired) electrons. The third-order valence-corrected chi connectivity index (χ3v) is 5.11. The number of nitrogens with two attached hydrogens (primary N) is 1. The Morgan fingerprint density at radius 1 is 1.48 bits per heavy atom. The van der Waals surface area contributed by atoms with Crippen LogP contribution in [0.15, 0.2) is 0 Å². The maximum Gasteiger partial charge on any atom is 0.237 e. The van der Waals surface area contributed by atoms with E-state index in [1.54, 1.807) is 7.11 Å². The molecule has 0 bridgehead atoms. The molecule has 1 aliphatic carbocycles. The molecule has 0 heterocycles. The number of ether oxygens (including phenoxy) is 1. The number of nitrogens with zero attached hydrogens (tertiary/aromatic N) is 1. The number of carbonyl (C=O) groups excluding carboxylic acids is 1. The van der Waals surface area contributed by atoms with Crippen LogP contribution in [0.3, 0.4) is 0 Å². The Morgan fingerprint density at radius 2 is 2.14 bits per heavy atom. The van der Waals surface area contributed by atoms with Gasteiger partial charge in [-0.25, -0.2) is 0 Å². The summed E-state index contributed by atoms with van der Waals surface area (Å²) in [5.41, 5.74) is 5.13. The number of likely N-dealkylation sites (N-methyl/N-ethyl adjacent to an activating group) is 1. The summed E-state index contributed by atoms with van der Waals surface area (Å²) >= 11 is 0. The molecule has 5 nitrogen and oxygen atoms in total. The van der Waals surface area contributed by atoms with Crippen molar-refractivity contribution in [3.8, 4) is 0 Å². The predicted octanol–water partition coefficient (Wildman–Crippen LogP) is 1.51. The molecule has 5 heteroatoms. The Hall–Kier alpha value is -0.650. The van der Waals surface area contributed by atoms with E-state index in [4.69, 9.17) is 10.5 Å². The molecule has 0 aliphatic heterocycles. The highest BCUT2D eigenvalue weighted by molar-refractivity contribution is 5.84. The summed E-state index contributed by atoms with van der Waals surface area (Å²) in [6.45, 7) is 6.12. The van der Waals surface area contributed by atoms with Crippen molar-refractivity contribution < 1.29 is 9.53 Å². The van der Waals surface area contributed by atoms with Crippen molar-refractivity contribution in [2.75, 3.05) is 27.3 Å². The first-order valence-corrected chi connectivity index (χ1v) is 8.28. The summed E-state index contributed by atoms with van der Waals surface area (Å²) in [7, 11) is 3.59. The summed E-state index contributed by atoms with van der Waals surface area (Å²) < 4.78 is 5.28. The van der Waals surface area contributed by atoms with Gasteiger partial charge in [-0.1, -0.05) is 13.8 Å². The molecular weight excluding hydrogens is 266 g/mol. The van der Waals surface area contributed by atoms with E-state index < -0.39 is 5.54 Å². The Labute approximate surface area is 129 Å². The lowest BCUT2D eigenvalue weighted by Gasteiger charge is -2.45. The van der Waals surface area contributed by atoms with E-state index in [9.17, 15) is 4.79 Å². The second kappa shape index (κ2) is 8.71. The van der Waals surface area contributed by atoms with E-state index in [1.165, 1.54) is 0 Å². The van der Waals surface area contributed by atoms with Gasteiger partial charge in [0.05, 0.1) is 12.1 Å². The predicted molar refractivity (Wildman–Crippen MR) is 86.2 cm³/mol. The van der Waals surface area contributed by atoms with Crippen molar-refractivity contribution in [3.05, 3.63) is 0 Å². The van der Waals surface area contributed by atoms with Gasteiger partial charge in [-0.2, -0.15) is 0 Å². The van der Waals surface area contributed by atoms with E-state index in [-0.39, 0.29) is 5.91 Å². The van der Waals surface area contributed by atoms with Gasteiger partial charge < -0.3 is 15.8 Å². The van der Waals surface area contributed by atoms with Crippen LogP contribution in [0.2, 0.25) is 0 Å². The molecule has 2 unspecified atom stereocenters. The average molecular weight is 299 g/mol. The normalized spacial score (nSPS) is 26.5. The van der Waals surface area contributed by atoms with Crippen LogP contribution in [0.1, 0.15) is 52.4 Å². The molecule has 1 amide bonds. The van der Waals surface area contributed by atoms with Crippen LogP contribution in [0.25, 0.3) is 0 Å². The molecule has 0 aromatic heterocycles. The molecule has 0 aromatic carbocycles. The Balaban J connectivity index is 2.88. The van der Waals surface area contributed by atoms with Gasteiger partial charge in [0.25, 0.3) is 0 Å². The van der Waals surface area contributed by atoms with E-state index >= 15 is 0 Å². The number of hydrogen-bond donors (Lipinski definition) is 2. The van der Waals surface area contributed by atoms with E-state index in [0.717, 1.165) is 51.7 Å². The number of nitrogens with one attached hydrogen (secondary N) is 1. The lowest BCUT2D eigenvalue weighted by Crippen LogP contribution is -2.60. The van der Waals surface area contributed by atoms with Crippen LogP contribution in [0.4, 0.5) is 0 Å². The lowest BCUT2D eigenvalue weighted by atomic mass is 9.77. The van der Waals surface area contributed by atoms with Gasteiger partial charge in [0.2, 0.25) is 5.91 Å². The molecule has 1 saturated carbocycles. The smallest absolute Gasteiger partial charge is 0.237 e. The van der Waals surface area contributed by atoms with Crippen molar-refractivity contribution in [2.45, 2.75) is 70.0 Å². The molecule has 1 rings (SSSR count). The SMILES string of the molecule is CCC(CC)N(CCOC)C1CCCC(NC)(C(N)=O)C1.